The minimum Gasteiger partial charge on any atom is -0.497 e. The van der Waals surface area contributed by atoms with Gasteiger partial charge in [0, 0.05) is 23.9 Å². The summed E-state index contributed by atoms with van der Waals surface area (Å²) in [4.78, 5) is 32.3. The molecule has 1 atom stereocenters. The molecule has 1 aliphatic rings. The number of carbonyl (C=O) groups is 2. The zero-order chi connectivity index (χ0) is 23.5. The molecule has 1 amide bonds. The molecular formula is C26H22N2O5S. The highest BCUT2D eigenvalue weighted by Gasteiger charge is 2.37. The van der Waals surface area contributed by atoms with E-state index >= 15 is 0 Å². The van der Waals surface area contributed by atoms with Crippen LogP contribution in [0.3, 0.4) is 0 Å². The average molecular weight is 475 g/mol. The third kappa shape index (κ3) is 4.45. The Bertz CT molecular complexity index is 1310. The Morgan fingerprint density at radius 2 is 1.97 bits per heavy atom. The van der Waals surface area contributed by atoms with Crippen LogP contribution < -0.4 is 4.74 Å². The molecule has 1 unspecified atom stereocenters. The number of aromatic nitrogens is 1. The van der Waals surface area contributed by atoms with Gasteiger partial charge < -0.3 is 18.8 Å². The molecule has 2 aromatic heterocycles. The Morgan fingerprint density at radius 3 is 2.76 bits per heavy atom. The highest BCUT2D eigenvalue weighted by atomic mass is 32.1. The Kier molecular flexibility index (Phi) is 6.14. The molecule has 0 spiro atoms. The maximum atomic E-state index is 13.1. The fourth-order valence-corrected chi connectivity index (χ4v) is 4.79. The van der Waals surface area contributed by atoms with E-state index in [0.717, 1.165) is 27.4 Å². The van der Waals surface area contributed by atoms with Gasteiger partial charge in [-0.3, -0.25) is 4.79 Å². The third-order valence-electron chi connectivity index (χ3n) is 5.74. The van der Waals surface area contributed by atoms with Crippen LogP contribution >= 0.6 is 11.3 Å². The van der Waals surface area contributed by atoms with E-state index < -0.39 is 12.0 Å². The van der Waals surface area contributed by atoms with Crippen LogP contribution in [0.25, 0.3) is 10.6 Å². The minimum atomic E-state index is -0.746. The van der Waals surface area contributed by atoms with Gasteiger partial charge in [-0.25, -0.2) is 9.78 Å². The van der Waals surface area contributed by atoms with Crippen LogP contribution in [0.5, 0.6) is 5.75 Å². The Morgan fingerprint density at radius 1 is 1.12 bits per heavy atom. The monoisotopic (exact) mass is 474 g/mol. The average Bonchev–Trinajstić information content (AvgIpc) is 3.59. The molecular weight excluding hydrogens is 452 g/mol. The number of rotatable bonds is 6. The number of ether oxygens (including phenoxy) is 2. The molecule has 172 valence electrons. The number of esters is 1. The zero-order valence-corrected chi connectivity index (χ0v) is 19.3. The van der Waals surface area contributed by atoms with Crippen LogP contribution in [0.2, 0.25) is 0 Å². The van der Waals surface area contributed by atoms with Gasteiger partial charge in [-0.2, -0.15) is 0 Å². The number of carbonyl (C=O) groups excluding carboxylic acids is 2. The first-order chi connectivity index (χ1) is 16.6. The fraction of sp³-hybridized carbons (Fsp3) is 0.192. The maximum absolute atomic E-state index is 13.1. The summed E-state index contributed by atoms with van der Waals surface area (Å²) in [6.45, 7) is 0.340. The Labute approximate surface area is 200 Å². The molecule has 0 N–H and O–H groups in total. The molecule has 0 bridgehead atoms. The second kappa shape index (κ2) is 9.52. The number of methoxy groups -OCH3 is 1. The molecule has 1 aliphatic heterocycles. The largest absolute Gasteiger partial charge is 0.497 e. The van der Waals surface area contributed by atoms with Crippen molar-refractivity contribution in [3.05, 3.63) is 94.9 Å². The standard InChI is InChI=1S/C26H22N2O5S/c1-31-21-9-4-8-18(12-21)24-27-20(16-34-24)15-33-26(30)22-13-17-6-2-3-7-19(17)14-28(22)25(29)23-10-5-11-32-23/h2-12,16,22H,13-15H2,1H3. The van der Waals surface area contributed by atoms with Crippen molar-refractivity contribution in [1.29, 1.82) is 0 Å². The predicted molar refractivity (Wildman–Crippen MR) is 126 cm³/mol. The molecule has 4 aromatic rings. The van der Waals surface area contributed by atoms with E-state index in [1.54, 1.807) is 19.2 Å². The molecule has 3 heterocycles. The van der Waals surface area contributed by atoms with Crippen LogP contribution in [0.4, 0.5) is 0 Å². The minimum absolute atomic E-state index is 0.0280. The highest BCUT2D eigenvalue weighted by Crippen LogP contribution is 2.28. The zero-order valence-electron chi connectivity index (χ0n) is 18.5. The lowest BCUT2D eigenvalue weighted by molar-refractivity contribution is -0.151. The van der Waals surface area contributed by atoms with Crippen molar-refractivity contribution in [3.8, 4) is 16.3 Å². The van der Waals surface area contributed by atoms with Gasteiger partial charge in [0.2, 0.25) is 0 Å². The highest BCUT2D eigenvalue weighted by molar-refractivity contribution is 7.13. The molecule has 0 aliphatic carbocycles. The van der Waals surface area contributed by atoms with Crippen LogP contribution in [-0.4, -0.2) is 34.9 Å². The summed E-state index contributed by atoms with van der Waals surface area (Å²) < 4.78 is 16.2. The summed E-state index contributed by atoms with van der Waals surface area (Å²) >= 11 is 1.47. The van der Waals surface area contributed by atoms with Gasteiger partial charge in [-0.15, -0.1) is 11.3 Å². The number of benzene rings is 2. The smallest absolute Gasteiger partial charge is 0.329 e. The van der Waals surface area contributed by atoms with Gasteiger partial charge in [0.25, 0.3) is 5.91 Å². The summed E-state index contributed by atoms with van der Waals surface area (Å²) in [5.41, 5.74) is 3.62. The number of thiazole rings is 1. The van der Waals surface area contributed by atoms with Crippen LogP contribution in [-0.2, 0) is 29.1 Å². The van der Waals surface area contributed by atoms with E-state index in [4.69, 9.17) is 13.9 Å². The lowest BCUT2D eigenvalue weighted by atomic mass is 9.93. The van der Waals surface area contributed by atoms with Gasteiger partial charge in [0.05, 0.1) is 19.1 Å². The molecule has 5 rings (SSSR count). The first-order valence-corrected chi connectivity index (χ1v) is 11.7. The van der Waals surface area contributed by atoms with E-state index in [9.17, 15) is 9.59 Å². The fourth-order valence-electron chi connectivity index (χ4n) is 3.99. The van der Waals surface area contributed by atoms with E-state index in [2.05, 4.69) is 4.98 Å². The van der Waals surface area contributed by atoms with Gasteiger partial charge in [-0.05, 0) is 35.4 Å². The lowest BCUT2D eigenvalue weighted by Crippen LogP contribution is -2.49. The predicted octanol–water partition coefficient (Wildman–Crippen LogP) is 4.72. The number of hydrogen-bond acceptors (Lipinski definition) is 7. The van der Waals surface area contributed by atoms with Crippen molar-refractivity contribution < 1.29 is 23.5 Å². The molecule has 0 saturated carbocycles. The van der Waals surface area contributed by atoms with E-state index in [-0.39, 0.29) is 18.3 Å². The number of nitrogens with zero attached hydrogens (tertiary/aromatic N) is 2. The molecule has 0 fully saturated rings. The Balaban J connectivity index is 1.31. The van der Waals surface area contributed by atoms with Crippen molar-refractivity contribution in [1.82, 2.24) is 9.88 Å². The summed E-state index contributed by atoms with van der Waals surface area (Å²) in [5.74, 6) is 0.139. The SMILES string of the molecule is COc1cccc(-c2nc(COC(=O)C3Cc4ccccc4CN3C(=O)c3ccco3)cs2)c1. The van der Waals surface area contributed by atoms with Gasteiger partial charge in [0.15, 0.2) is 5.76 Å². The van der Waals surface area contributed by atoms with Crippen molar-refractivity contribution in [2.24, 2.45) is 0 Å². The van der Waals surface area contributed by atoms with Crippen molar-refractivity contribution in [2.45, 2.75) is 25.6 Å². The molecule has 8 heteroatoms. The van der Waals surface area contributed by atoms with Crippen LogP contribution in [0.1, 0.15) is 27.4 Å². The van der Waals surface area contributed by atoms with Gasteiger partial charge in [0.1, 0.15) is 23.4 Å². The van der Waals surface area contributed by atoms with E-state index in [0.29, 0.717) is 18.7 Å². The van der Waals surface area contributed by atoms with Gasteiger partial charge in [-0.1, -0.05) is 36.4 Å². The van der Waals surface area contributed by atoms with Crippen LogP contribution in [0.15, 0.2) is 76.7 Å². The normalized spacial score (nSPS) is 15.0. The van der Waals surface area contributed by atoms with E-state index in [1.165, 1.54) is 22.5 Å². The first-order valence-electron chi connectivity index (χ1n) is 10.8. The lowest BCUT2D eigenvalue weighted by Gasteiger charge is -2.34. The van der Waals surface area contributed by atoms with Gasteiger partial charge >= 0.3 is 5.97 Å². The number of amides is 1. The maximum Gasteiger partial charge on any atom is 0.329 e. The quantitative estimate of drug-likeness (QED) is 0.376. The summed E-state index contributed by atoms with van der Waals surface area (Å²) in [7, 11) is 1.62. The van der Waals surface area contributed by atoms with E-state index in [1.807, 2.05) is 53.9 Å². The summed E-state index contributed by atoms with van der Waals surface area (Å²) in [5, 5.41) is 2.68. The molecule has 7 nitrogen and oxygen atoms in total. The Hall–Kier alpha value is -3.91. The van der Waals surface area contributed by atoms with Crippen molar-refractivity contribution >= 4 is 23.2 Å². The second-order valence-electron chi connectivity index (χ2n) is 7.88. The van der Waals surface area contributed by atoms with Crippen molar-refractivity contribution in [2.75, 3.05) is 7.11 Å². The van der Waals surface area contributed by atoms with Crippen molar-refractivity contribution in [3.63, 3.8) is 0 Å². The molecule has 2 aromatic carbocycles. The molecule has 0 saturated heterocycles. The number of fused-ring (bicyclic) bond motifs is 1. The third-order valence-corrected chi connectivity index (χ3v) is 6.68. The first kappa shape index (κ1) is 21.9. The molecule has 0 radical (unpaired) electrons. The summed E-state index contributed by atoms with van der Waals surface area (Å²) in [6.07, 6.45) is 1.83. The molecule has 34 heavy (non-hydrogen) atoms. The number of furan rings is 1. The second-order valence-corrected chi connectivity index (χ2v) is 8.74. The number of hydrogen-bond donors (Lipinski definition) is 0. The summed E-state index contributed by atoms with van der Waals surface area (Å²) in [6, 6.07) is 17.9. The van der Waals surface area contributed by atoms with Crippen LogP contribution in [0, 0.1) is 0 Å². The topological polar surface area (TPSA) is 81.9 Å².